The smallest absolute Gasteiger partial charge is 0.265 e. The number of carbonyl (C=O) groups excluding carboxylic acids is 1. The molecule has 0 saturated carbocycles. The lowest BCUT2D eigenvalue weighted by Gasteiger charge is -2.29. The average Bonchev–Trinajstić information content (AvgIpc) is 3.42. The Labute approximate surface area is 193 Å². The summed E-state index contributed by atoms with van der Waals surface area (Å²) in [6.45, 7) is 4.44. The number of hydrogen-bond donors (Lipinski definition) is 1. The molecule has 1 fully saturated rings. The number of carbonyl (C=O) groups is 1. The molecule has 1 aliphatic heterocycles. The van der Waals surface area contributed by atoms with E-state index in [0.29, 0.717) is 9.90 Å². The van der Waals surface area contributed by atoms with Crippen LogP contribution in [0.2, 0.25) is 5.02 Å². The Kier molecular flexibility index (Phi) is 5.45. The number of anilines is 2. The number of halogens is 1. The summed E-state index contributed by atoms with van der Waals surface area (Å²) < 4.78 is 2.75. The molecular weight excluding hydrogens is 450 g/mol. The van der Waals surface area contributed by atoms with Crippen LogP contribution in [-0.4, -0.2) is 33.8 Å². The molecule has 1 saturated heterocycles. The van der Waals surface area contributed by atoms with Gasteiger partial charge in [-0.05, 0) is 37.0 Å². The molecule has 0 aliphatic carbocycles. The van der Waals surface area contributed by atoms with Gasteiger partial charge in [-0.1, -0.05) is 42.0 Å². The molecule has 31 heavy (non-hydrogen) atoms. The third kappa shape index (κ3) is 4.20. The molecule has 1 amide bonds. The minimum Gasteiger partial charge on any atom is -0.348 e. The third-order valence-corrected chi connectivity index (χ3v) is 8.05. The predicted molar refractivity (Wildman–Crippen MR) is 130 cm³/mol. The number of thiazole rings is 1. The van der Waals surface area contributed by atoms with Crippen LogP contribution in [0.3, 0.4) is 0 Å². The van der Waals surface area contributed by atoms with Crippen LogP contribution in [-0.2, 0) is 7.05 Å². The van der Waals surface area contributed by atoms with E-state index in [4.69, 9.17) is 16.6 Å². The van der Waals surface area contributed by atoms with Gasteiger partial charge < -0.3 is 10.2 Å². The number of hydrogen-bond acceptors (Lipinski definition) is 6. The summed E-state index contributed by atoms with van der Waals surface area (Å²) >= 11 is 9.34. The second-order valence-electron chi connectivity index (χ2n) is 7.98. The maximum absolute atomic E-state index is 12.7. The molecule has 0 unspecified atom stereocenters. The van der Waals surface area contributed by atoms with Gasteiger partial charge in [-0.25, -0.2) is 4.98 Å². The highest BCUT2D eigenvalue weighted by Crippen LogP contribution is 2.36. The number of piperidine rings is 1. The fourth-order valence-corrected chi connectivity index (χ4v) is 6.18. The van der Waals surface area contributed by atoms with Crippen molar-refractivity contribution in [3.05, 3.63) is 46.4 Å². The van der Waals surface area contributed by atoms with E-state index in [1.807, 2.05) is 37.4 Å². The first kappa shape index (κ1) is 20.5. The van der Waals surface area contributed by atoms with Crippen molar-refractivity contribution in [3.63, 3.8) is 0 Å². The Morgan fingerprint density at radius 2 is 1.94 bits per heavy atom. The van der Waals surface area contributed by atoms with Gasteiger partial charge in [0.25, 0.3) is 5.91 Å². The summed E-state index contributed by atoms with van der Waals surface area (Å²) in [6.07, 6.45) is 4.19. The highest BCUT2D eigenvalue weighted by molar-refractivity contribution is 7.29. The summed E-state index contributed by atoms with van der Waals surface area (Å²) in [6, 6.07) is 9.49. The van der Waals surface area contributed by atoms with E-state index >= 15 is 0 Å². The molecule has 4 heterocycles. The van der Waals surface area contributed by atoms with Gasteiger partial charge >= 0.3 is 0 Å². The molecule has 1 aromatic carbocycles. The molecule has 5 rings (SSSR count). The van der Waals surface area contributed by atoms with Crippen LogP contribution in [0.5, 0.6) is 0 Å². The second-order valence-corrected chi connectivity index (χ2v) is 10.4. The fourth-order valence-electron chi connectivity index (χ4n) is 3.73. The zero-order valence-corrected chi connectivity index (χ0v) is 19.7. The van der Waals surface area contributed by atoms with Gasteiger partial charge in [0.15, 0.2) is 5.13 Å². The molecule has 160 valence electrons. The van der Waals surface area contributed by atoms with Gasteiger partial charge in [-0.2, -0.15) is 5.10 Å². The van der Waals surface area contributed by atoms with Crippen LogP contribution in [0.4, 0.5) is 10.8 Å². The first-order valence-corrected chi connectivity index (χ1v) is 12.2. The van der Waals surface area contributed by atoms with Crippen molar-refractivity contribution in [2.24, 2.45) is 13.0 Å². The minimum atomic E-state index is -0.118. The van der Waals surface area contributed by atoms with E-state index in [0.717, 1.165) is 50.6 Å². The van der Waals surface area contributed by atoms with Crippen molar-refractivity contribution >= 4 is 60.5 Å². The number of fused-ring (bicyclic) bond motifs is 1. The fraction of sp³-hybridized carbons (Fsp3) is 0.318. The Morgan fingerprint density at radius 1 is 1.19 bits per heavy atom. The van der Waals surface area contributed by atoms with Crippen LogP contribution < -0.4 is 10.2 Å². The van der Waals surface area contributed by atoms with Gasteiger partial charge in [0.2, 0.25) is 0 Å². The zero-order valence-electron chi connectivity index (χ0n) is 17.3. The van der Waals surface area contributed by atoms with E-state index in [1.54, 1.807) is 22.2 Å². The number of rotatable bonds is 4. The molecule has 9 heteroatoms. The maximum atomic E-state index is 12.7. The highest BCUT2D eigenvalue weighted by Gasteiger charge is 2.21. The number of aryl methyl sites for hydroxylation is 1. The quantitative estimate of drug-likeness (QED) is 0.402. The summed E-state index contributed by atoms with van der Waals surface area (Å²) in [5.74, 6) is 0.676. The monoisotopic (exact) mass is 471 g/mol. The number of nitrogens with one attached hydrogen (secondary N) is 1. The van der Waals surface area contributed by atoms with Crippen molar-refractivity contribution in [3.8, 4) is 11.3 Å². The average molecular weight is 472 g/mol. The van der Waals surface area contributed by atoms with Gasteiger partial charge in [0, 0.05) is 37.6 Å². The topological polar surface area (TPSA) is 63.1 Å². The zero-order chi connectivity index (χ0) is 21.5. The number of amides is 1. The lowest BCUT2D eigenvalue weighted by Crippen LogP contribution is -2.32. The van der Waals surface area contributed by atoms with Crippen molar-refractivity contribution in [2.45, 2.75) is 19.8 Å². The normalized spacial score (nSPS) is 15.0. The molecule has 4 aromatic rings. The maximum Gasteiger partial charge on any atom is 0.265 e. The van der Waals surface area contributed by atoms with Crippen molar-refractivity contribution in [2.75, 3.05) is 23.3 Å². The molecule has 3 aromatic heterocycles. The van der Waals surface area contributed by atoms with Crippen molar-refractivity contribution in [1.82, 2.24) is 14.8 Å². The molecule has 6 nitrogen and oxygen atoms in total. The number of benzene rings is 1. The lowest BCUT2D eigenvalue weighted by atomic mass is 10.00. The highest BCUT2D eigenvalue weighted by atomic mass is 35.5. The van der Waals surface area contributed by atoms with Crippen LogP contribution in [0.1, 0.15) is 29.4 Å². The van der Waals surface area contributed by atoms with Crippen LogP contribution in [0.15, 0.2) is 36.5 Å². The Balaban J connectivity index is 1.28. The summed E-state index contributed by atoms with van der Waals surface area (Å²) in [5, 5.41) is 9.01. The van der Waals surface area contributed by atoms with E-state index in [2.05, 4.69) is 22.2 Å². The van der Waals surface area contributed by atoms with Crippen molar-refractivity contribution < 1.29 is 4.79 Å². The Morgan fingerprint density at radius 3 is 2.58 bits per heavy atom. The van der Waals surface area contributed by atoms with Gasteiger partial charge in [-0.15, -0.1) is 11.3 Å². The molecule has 0 spiro atoms. The van der Waals surface area contributed by atoms with Crippen molar-refractivity contribution in [1.29, 1.82) is 0 Å². The number of thiophene rings is 1. The Hall–Kier alpha value is -2.42. The molecular formula is C22H22ClN5OS2. The van der Waals surface area contributed by atoms with Crippen LogP contribution >= 0.6 is 34.3 Å². The number of nitrogens with zero attached hydrogens (tertiary/aromatic N) is 4. The first-order chi connectivity index (χ1) is 15.0. The van der Waals surface area contributed by atoms with E-state index in [1.165, 1.54) is 24.2 Å². The summed E-state index contributed by atoms with van der Waals surface area (Å²) in [7, 11) is 1.83. The first-order valence-electron chi connectivity index (χ1n) is 10.2. The standard InChI is InChI=1S/C22H22ClN5OS2/c1-13-7-9-28(10-8-13)22-25-21-18(31-22)11-17(30-21)20(29)24-15-5-3-14(4-6-15)19-16(23)12-27(2)26-19/h3-6,11-13H,7-10H2,1-2H3,(H,24,29). The summed E-state index contributed by atoms with van der Waals surface area (Å²) in [5.41, 5.74) is 2.36. The Bertz CT molecular complexity index is 1200. The lowest BCUT2D eigenvalue weighted by molar-refractivity contribution is 0.103. The molecule has 1 aliphatic rings. The third-order valence-electron chi connectivity index (χ3n) is 5.56. The minimum absolute atomic E-state index is 0.118. The molecule has 1 N–H and O–H groups in total. The van der Waals surface area contributed by atoms with Gasteiger partial charge in [-0.3, -0.25) is 9.48 Å². The molecule has 0 atom stereocenters. The van der Waals surface area contributed by atoms with Crippen LogP contribution in [0.25, 0.3) is 20.8 Å². The molecule has 0 bridgehead atoms. The van der Waals surface area contributed by atoms with Gasteiger partial charge in [0.1, 0.15) is 10.5 Å². The van der Waals surface area contributed by atoms with E-state index in [-0.39, 0.29) is 5.91 Å². The predicted octanol–water partition coefficient (Wildman–Crippen LogP) is 5.90. The summed E-state index contributed by atoms with van der Waals surface area (Å²) in [4.78, 5) is 21.5. The van der Waals surface area contributed by atoms with Crippen LogP contribution in [0, 0.1) is 5.92 Å². The molecule has 0 radical (unpaired) electrons. The largest absolute Gasteiger partial charge is 0.348 e. The second kappa shape index (κ2) is 8.26. The van der Waals surface area contributed by atoms with Gasteiger partial charge in [0.05, 0.1) is 14.6 Å². The van der Waals surface area contributed by atoms with E-state index < -0.39 is 0 Å². The number of aromatic nitrogens is 3. The SMILES string of the molecule is CC1CCN(c2nc3sc(C(=O)Nc4ccc(-c5nn(C)cc5Cl)cc4)cc3s2)CC1. The van der Waals surface area contributed by atoms with E-state index in [9.17, 15) is 4.79 Å².